The molecule has 1 saturated heterocycles. The van der Waals surface area contributed by atoms with E-state index in [1.807, 2.05) is 19.9 Å². The maximum atomic E-state index is 13.8. The van der Waals surface area contributed by atoms with Gasteiger partial charge in [0.25, 0.3) is 12.3 Å². The molecule has 10 nitrogen and oxygen atoms in total. The summed E-state index contributed by atoms with van der Waals surface area (Å²) in [6.45, 7) is 5.46. The topological polar surface area (TPSA) is 110 Å². The van der Waals surface area contributed by atoms with E-state index in [-0.39, 0.29) is 42.0 Å². The van der Waals surface area contributed by atoms with Crippen LogP contribution in [-0.4, -0.2) is 67.3 Å². The number of hydrogen-bond acceptors (Lipinski definition) is 7. The van der Waals surface area contributed by atoms with Crippen molar-refractivity contribution in [2.75, 3.05) is 29.9 Å². The Morgan fingerprint density at radius 2 is 1.94 bits per heavy atom. The maximum absolute atomic E-state index is 13.8. The van der Waals surface area contributed by atoms with Gasteiger partial charge in [0.1, 0.15) is 11.4 Å². The minimum Gasteiger partial charge on any atom is -0.396 e. The summed E-state index contributed by atoms with van der Waals surface area (Å²) in [7, 11) is 0. The van der Waals surface area contributed by atoms with Gasteiger partial charge in [0, 0.05) is 32.1 Å². The third-order valence-corrected chi connectivity index (χ3v) is 7.01. The number of hydrogen-bond donors (Lipinski definition) is 2. The molecular weight excluding hydrogens is 472 g/mol. The molecule has 194 valence electrons. The van der Waals surface area contributed by atoms with Crippen molar-refractivity contribution in [3.63, 3.8) is 0 Å². The average molecular weight is 504 g/mol. The third-order valence-electron chi connectivity index (χ3n) is 7.01. The lowest BCUT2D eigenvalue weighted by Gasteiger charge is -2.36. The Morgan fingerprint density at radius 1 is 1.22 bits per heavy atom. The number of ether oxygens (including phenoxy) is 1. The molecule has 5 rings (SSSR count). The molecule has 2 N–H and O–H groups in total. The Kier molecular flexibility index (Phi) is 6.89. The Labute approximate surface area is 207 Å². The van der Waals surface area contributed by atoms with E-state index in [1.165, 1.54) is 21.6 Å². The second kappa shape index (κ2) is 10.1. The number of carbonyl (C=O) groups excluding carboxylic acids is 1. The van der Waals surface area contributed by atoms with Crippen molar-refractivity contribution >= 4 is 23.1 Å². The van der Waals surface area contributed by atoms with Gasteiger partial charge in [-0.15, -0.1) is 0 Å². The normalized spacial score (nSPS) is 25.0. The average Bonchev–Trinajstić information content (AvgIpc) is 3.47. The zero-order chi connectivity index (χ0) is 25.4. The highest BCUT2D eigenvalue weighted by molar-refractivity contribution is 6.08. The van der Waals surface area contributed by atoms with E-state index in [2.05, 4.69) is 25.4 Å². The Morgan fingerprint density at radius 3 is 2.61 bits per heavy atom. The molecule has 12 heteroatoms. The predicted molar refractivity (Wildman–Crippen MR) is 128 cm³/mol. The fourth-order valence-electron chi connectivity index (χ4n) is 5.19. The van der Waals surface area contributed by atoms with Crippen LogP contribution in [0.3, 0.4) is 0 Å². The SMILES string of the molecule is C[C@@H]1CN(c2ccn3ncc(C(=O)Nc4cn([C@H]5CC[C@H](CO)CC5)nc4C(F)F)c3n2)C[C@H](C)O1. The second-order valence-electron chi connectivity index (χ2n) is 9.79. The fraction of sp³-hybridized carbons (Fsp3) is 0.583. The Balaban J connectivity index is 1.38. The van der Waals surface area contributed by atoms with Crippen LogP contribution in [0.5, 0.6) is 0 Å². The number of rotatable bonds is 6. The number of aliphatic hydroxyl groups excluding tert-OH is 1. The molecule has 2 fully saturated rings. The van der Waals surface area contributed by atoms with Crippen molar-refractivity contribution in [1.29, 1.82) is 0 Å². The van der Waals surface area contributed by atoms with Crippen LogP contribution in [0, 0.1) is 5.92 Å². The summed E-state index contributed by atoms with van der Waals surface area (Å²) in [5.41, 5.74) is 0.0346. The number of morpholine rings is 1. The van der Waals surface area contributed by atoms with Gasteiger partial charge in [0.2, 0.25) is 0 Å². The number of fused-ring (bicyclic) bond motifs is 1. The number of carbonyl (C=O) groups is 1. The lowest BCUT2D eigenvalue weighted by Crippen LogP contribution is -2.45. The molecule has 1 aliphatic carbocycles. The molecular formula is C24H31F2N7O3. The van der Waals surface area contributed by atoms with Gasteiger partial charge in [-0.25, -0.2) is 18.3 Å². The molecule has 0 aromatic carbocycles. The summed E-state index contributed by atoms with van der Waals surface area (Å²) in [6.07, 6.45) is 4.93. The molecule has 2 atom stereocenters. The lowest BCUT2D eigenvalue weighted by molar-refractivity contribution is -0.00545. The monoisotopic (exact) mass is 503 g/mol. The first kappa shape index (κ1) is 24.6. The highest BCUT2D eigenvalue weighted by atomic mass is 19.3. The minimum atomic E-state index is -2.84. The van der Waals surface area contributed by atoms with Crippen LogP contribution in [0.15, 0.2) is 24.7 Å². The van der Waals surface area contributed by atoms with Crippen molar-refractivity contribution in [2.24, 2.45) is 5.92 Å². The first-order chi connectivity index (χ1) is 17.3. The van der Waals surface area contributed by atoms with Gasteiger partial charge in [0.15, 0.2) is 11.3 Å². The minimum absolute atomic E-state index is 0.0226. The zero-order valence-corrected chi connectivity index (χ0v) is 20.3. The van der Waals surface area contributed by atoms with E-state index in [1.54, 1.807) is 6.20 Å². The fourth-order valence-corrected chi connectivity index (χ4v) is 5.19. The number of alkyl halides is 2. The van der Waals surface area contributed by atoms with Crippen LogP contribution in [0.4, 0.5) is 20.3 Å². The summed E-state index contributed by atoms with van der Waals surface area (Å²) in [5, 5.41) is 20.3. The zero-order valence-electron chi connectivity index (χ0n) is 20.3. The maximum Gasteiger partial charge on any atom is 0.284 e. The summed E-state index contributed by atoms with van der Waals surface area (Å²) in [6, 6.07) is 1.78. The van der Waals surface area contributed by atoms with Crippen molar-refractivity contribution in [3.8, 4) is 0 Å². The largest absolute Gasteiger partial charge is 0.396 e. The van der Waals surface area contributed by atoms with Crippen LogP contribution in [0.2, 0.25) is 0 Å². The summed E-state index contributed by atoms with van der Waals surface area (Å²) < 4.78 is 36.4. The summed E-state index contributed by atoms with van der Waals surface area (Å²) in [5.74, 6) is 0.352. The second-order valence-corrected chi connectivity index (χ2v) is 9.79. The van der Waals surface area contributed by atoms with Crippen LogP contribution >= 0.6 is 0 Å². The highest BCUT2D eigenvalue weighted by Crippen LogP contribution is 2.34. The summed E-state index contributed by atoms with van der Waals surface area (Å²) >= 11 is 0. The van der Waals surface area contributed by atoms with Gasteiger partial charge >= 0.3 is 0 Å². The molecule has 1 saturated carbocycles. The molecule has 1 amide bonds. The van der Waals surface area contributed by atoms with Gasteiger partial charge in [0.05, 0.1) is 30.1 Å². The molecule has 3 aromatic rings. The van der Waals surface area contributed by atoms with E-state index >= 15 is 0 Å². The van der Waals surface area contributed by atoms with E-state index in [9.17, 15) is 18.7 Å². The number of aliphatic hydroxyl groups is 1. The Bertz CT molecular complexity index is 1210. The number of aromatic nitrogens is 5. The van der Waals surface area contributed by atoms with Gasteiger partial charge in [-0.3, -0.25) is 9.48 Å². The summed E-state index contributed by atoms with van der Waals surface area (Å²) in [4.78, 5) is 19.9. The third kappa shape index (κ3) is 4.92. The van der Waals surface area contributed by atoms with Crippen LogP contribution in [0.25, 0.3) is 5.65 Å². The van der Waals surface area contributed by atoms with Crippen molar-refractivity contribution in [1.82, 2.24) is 24.4 Å². The number of anilines is 2. The Hall–Kier alpha value is -3.12. The molecule has 0 unspecified atom stereocenters. The van der Waals surface area contributed by atoms with Crippen LogP contribution < -0.4 is 10.2 Å². The molecule has 1 aliphatic heterocycles. The highest BCUT2D eigenvalue weighted by Gasteiger charge is 2.28. The quantitative estimate of drug-likeness (QED) is 0.530. The van der Waals surface area contributed by atoms with Crippen LogP contribution in [0.1, 0.15) is 68.0 Å². The number of halogens is 2. The molecule has 36 heavy (non-hydrogen) atoms. The molecule has 4 heterocycles. The van der Waals surface area contributed by atoms with Gasteiger partial charge in [-0.05, 0) is 51.5 Å². The standard InChI is InChI=1S/C24H31F2N7O3/c1-14-10-31(11-15(2)36-14)20-7-8-32-23(29-20)18(9-27-32)24(35)28-19-12-33(30-21(19)22(25)26)17-5-3-16(13-34)4-6-17/h7-9,12,14-17,22,34H,3-6,10-11,13H2,1-2H3,(H,28,35)/t14-,15+,16-,17-. The van der Waals surface area contributed by atoms with Crippen molar-refractivity contribution < 1.29 is 23.4 Å². The first-order valence-electron chi connectivity index (χ1n) is 12.4. The molecule has 0 radical (unpaired) electrons. The number of amides is 1. The number of nitrogens with one attached hydrogen (secondary N) is 1. The van der Waals surface area contributed by atoms with Gasteiger partial charge < -0.3 is 20.1 Å². The number of nitrogens with zero attached hydrogens (tertiary/aromatic N) is 6. The van der Waals surface area contributed by atoms with Gasteiger partial charge in [-0.1, -0.05) is 0 Å². The molecule has 2 aliphatic rings. The van der Waals surface area contributed by atoms with E-state index < -0.39 is 18.0 Å². The molecule has 0 bridgehead atoms. The van der Waals surface area contributed by atoms with Crippen molar-refractivity contribution in [3.05, 3.63) is 35.9 Å². The first-order valence-corrected chi connectivity index (χ1v) is 12.4. The van der Waals surface area contributed by atoms with Crippen LogP contribution in [-0.2, 0) is 4.74 Å². The lowest BCUT2D eigenvalue weighted by atomic mass is 9.87. The van der Waals surface area contributed by atoms with Gasteiger partial charge in [-0.2, -0.15) is 10.2 Å². The molecule has 0 spiro atoms. The molecule has 3 aromatic heterocycles. The van der Waals surface area contributed by atoms with E-state index in [0.717, 1.165) is 25.7 Å². The van der Waals surface area contributed by atoms with E-state index in [0.29, 0.717) is 24.6 Å². The smallest absolute Gasteiger partial charge is 0.284 e. The van der Waals surface area contributed by atoms with E-state index in [4.69, 9.17) is 4.74 Å². The predicted octanol–water partition coefficient (Wildman–Crippen LogP) is 3.45. The van der Waals surface area contributed by atoms with Crippen molar-refractivity contribution in [2.45, 2.75) is 64.2 Å².